The van der Waals surface area contributed by atoms with E-state index in [0.717, 1.165) is 74.5 Å². The quantitative estimate of drug-likeness (QED) is 0.152. The minimum atomic E-state index is 0.294. The van der Waals surface area contributed by atoms with Gasteiger partial charge in [-0.15, -0.1) is 0 Å². The van der Waals surface area contributed by atoms with Gasteiger partial charge in [0.15, 0.2) is 17.5 Å². The maximum absolute atomic E-state index is 9.65. The van der Waals surface area contributed by atoms with E-state index >= 15 is 0 Å². The fourth-order valence-corrected chi connectivity index (χ4v) is 14.3. The first kappa shape index (κ1) is 43.9. The van der Waals surface area contributed by atoms with Gasteiger partial charge in [0.05, 0.1) is 23.3 Å². The molecule has 0 saturated heterocycles. The van der Waals surface area contributed by atoms with Gasteiger partial charge in [0.25, 0.3) is 0 Å². The van der Waals surface area contributed by atoms with Gasteiger partial charge in [-0.3, -0.25) is 0 Å². The van der Waals surface area contributed by atoms with Crippen LogP contribution in [-0.4, -0.2) is 15.0 Å². The highest BCUT2D eigenvalue weighted by Gasteiger charge is 2.46. The third-order valence-electron chi connectivity index (χ3n) is 16.5. The van der Waals surface area contributed by atoms with Crippen LogP contribution >= 0.6 is 0 Å². The molecular weight excluding hydrogens is 827 g/mol. The molecular formula is C63H61N5. The van der Waals surface area contributed by atoms with E-state index in [0.29, 0.717) is 39.4 Å². The van der Waals surface area contributed by atoms with E-state index in [-0.39, 0.29) is 0 Å². The average Bonchev–Trinajstić information content (AvgIpc) is 3.35. The first-order chi connectivity index (χ1) is 33.0. The molecule has 4 aliphatic rings. The van der Waals surface area contributed by atoms with Crippen molar-refractivity contribution in [1.82, 2.24) is 15.0 Å². The van der Waals surface area contributed by atoms with E-state index in [1.165, 1.54) is 86.5 Å². The second-order valence-corrected chi connectivity index (χ2v) is 22.1. The molecule has 5 nitrogen and oxygen atoms in total. The summed E-state index contributed by atoms with van der Waals surface area (Å²) in [4.78, 5) is 15.6. The van der Waals surface area contributed by atoms with Gasteiger partial charge in [0.1, 0.15) is 0 Å². The summed E-state index contributed by atoms with van der Waals surface area (Å²) in [5.74, 6) is 6.59. The zero-order valence-corrected chi connectivity index (χ0v) is 40.1. The molecule has 68 heavy (non-hydrogen) atoms. The van der Waals surface area contributed by atoms with Crippen LogP contribution in [0, 0.1) is 58.2 Å². The zero-order chi connectivity index (χ0) is 46.6. The molecule has 11 rings (SSSR count). The molecule has 0 spiro atoms. The van der Waals surface area contributed by atoms with Gasteiger partial charge in [-0.1, -0.05) is 137 Å². The smallest absolute Gasteiger partial charge is 0.164 e. The van der Waals surface area contributed by atoms with Crippen LogP contribution in [-0.2, 0) is 10.8 Å². The Morgan fingerprint density at radius 2 is 0.706 bits per heavy atom. The number of fused-ring (bicyclic) bond motifs is 4. The molecule has 2 unspecified atom stereocenters. The fraction of sp³-hybridized carbons (Fsp3) is 0.349. The van der Waals surface area contributed by atoms with Crippen LogP contribution in [0.25, 0.3) is 67.5 Å². The molecule has 4 bridgehead atoms. The summed E-state index contributed by atoms with van der Waals surface area (Å²) < 4.78 is 0. The number of rotatable bonds is 8. The van der Waals surface area contributed by atoms with Crippen molar-refractivity contribution in [2.24, 2.45) is 35.5 Å². The summed E-state index contributed by atoms with van der Waals surface area (Å²) in [5.41, 5.74) is 13.6. The largest absolute Gasteiger partial charge is 0.208 e. The number of nitriles is 2. The zero-order valence-electron chi connectivity index (χ0n) is 40.1. The van der Waals surface area contributed by atoms with Crippen molar-refractivity contribution in [3.8, 4) is 79.7 Å². The highest BCUT2D eigenvalue weighted by molar-refractivity contribution is 5.76. The van der Waals surface area contributed by atoms with Crippen molar-refractivity contribution < 1.29 is 0 Å². The highest BCUT2D eigenvalue weighted by atomic mass is 15.0. The Balaban J connectivity index is 0.945. The van der Waals surface area contributed by atoms with Crippen molar-refractivity contribution >= 4 is 0 Å². The van der Waals surface area contributed by atoms with E-state index in [1.807, 2.05) is 36.4 Å². The van der Waals surface area contributed by atoms with Crippen LogP contribution in [0.3, 0.4) is 0 Å². The van der Waals surface area contributed by atoms with Crippen LogP contribution in [0.4, 0.5) is 0 Å². The lowest BCUT2D eigenvalue weighted by molar-refractivity contribution is 0.0779. The summed E-state index contributed by atoms with van der Waals surface area (Å²) in [6.45, 7) is 9.85. The van der Waals surface area contributed by atoms with Gasteiger partial charge < -0.3 is 0 Å². The molecule has 0 radical (unpaired) electrons. The van der Waals surface area contributed by atoms with E-state index in [9.17, 15) is 10.5 Å². The van der Waals surface area contributed by atoms with E-state index in [1.54, 1.807) is 6.07 Å². The number of nitrogens with zero attached hydrogens (tertiary/aromatic N) is 5. The minimum Gasteiger partial charge on any atom is -0.208 e. The summed E-state index contributed by atoms with van der Waals surface area (Å²) >= 11 is 0. The van der Waals surface area contributed by atoms with Crippen molar-refractivity contribution in [3.05, 3.63) is 162 Å². The maximum Gasteiger partial charge on any atom is 0.164 e. The Bertz CT molecular complexity index is 2860. The van der Waals surface area contributed by atoms with Crippen LogP contribution in [0.2, 0.25) is 0 Å². The Kier molecular flexibility index (Phi) is 11.5. The Labute approximate surface area is 403 Å². The molecule has 8 atom stereocenters. The molecule has 0 amide bonds. The van der Waals surface area contributed by atoms with Crippen molar-refractivity contribution in [1.29, 1.82) is 10.5 Å². The van der Waals surface area contributed by atoms with E-state index in [2.05, 4.69) is 137 Å². The van der Waals surface area contributed by atoms with Crippen LogP contribution in [0.5, 0.6) is 0 Å². The molecule has 5 heteroatoms. The van der Waals surface area contributed by atoms with Crippen molar-refractivity contribution in [3.63, 3.8) is 0 Å². The SMILES string of the molecule is C[C@@H]1C[C@@H]2C[C@H](C)CC(c3ccc(-c4cccc(-c5nc(-c6ccc(-c7cc(C#N)cc(C#N)c7)cc6)nc(-c6cccc(-c7ccc(C89C[C@H](C)C[C@H](C[C@H](C)C8)C9)cc7)c6)n5)c4)cc3)(C1)C2. The molecule has 0 aliphatic heterocycles. The topological polar surface area (TPSA) is 86.2 Å². The lowest BCUT2D eigenvalue weighted by Gasteiger charge is -2.50. The van der Waals surface area contributed by atoms with Gasteiger partial charge in [-0.2, -0.15) is 10.5 Å². The van der Waals surface area contributed by atoms with Crippen LogP contribution in [0.15, 0.2) is 140 Å². The first-order valence-electron chi connectivity index (χ1n) is 25.3. The van der Waals surface area contributed by atoms with Gasteiger partial charge in [0, 0.05) is 16.7 Å². The van der Waals surface area contributed by atoms with E-state index in [4.69, 9.17) is 15.0 Å². The first-order valence-corrected chi connectivity index (χ1v) is 25.3. The summed E-state index contributed by atoms with van der Waals surface area (Å²) in [5, 5.41) is 19.3. The standard InChI is InChI=1S/C63H61N5/c1-40-23-44-24-41(2)33-62(32-40,36-44)57-19-15-48(16-20-57)52-7-5-9-54(30-52)60-66-59(51-13-11-50(12-14-51)56-28-46(38-64)27-47(29-56)39-65)67-61(68-60)55-10-6-8-53(31-55)49-17-21-58(22-18-49)63-34-42(3)25-45(37-63)26-43(4)35-63/h5-22,27-31,40-45H,23-26,32-37H2,1-4H3/t40-,41+,42-,43+,44-,45-,62?,63?. The minimum absolute atomic E-state index is 0.294. The van der Waals surface area contributed by atoms with Crippen molar-refractivity contribution in [2.45, 2.75) is 103 Å². The number of benzene rings is 6. The average molecular weight is 888 g/mol. The summed E-state index contributed by atoms with van der Waals surface area (Å²) in [7, 11) is 0. The maximum atomic E-state index is 9.65. The molecule has 1 heterocycles. The lowest BCUT2D eigenvalue weighted by atomic mass is 9.54. The third-order valence-corrected chi connectivity index (χ3v) is 16.5. The second kappa shape index (κ2) is 17.8. The van der Waals surface area contributed by atoms with Crippen LogP contribution < -0.4 is 0 Å². The highest BCUT2D eigenvalue weighted by Crippen LogP contribution is 2.55. The summed E-state index contributed by atoms with van der Waals surface area (Å²) in [6.07, 6.45) is 13.3. The molecule has 7 aromatic rings. The van der Waals surface area contributed by atoms with Gasteiger partial charge in [-0.05, 0) is 185 Å². The monoisotopic (exact) mass is 887 g/mol. The molecule has 4 saturated carbocycles. The Morgan fingerprint density at radius 3 is 1.10 bits per heavy atom. The molecule has 4 aliphatic carbocycles. The van der Waals surface area contributed by atoms with Gasteiger partial charge in [0.2, 0.25) is 0 Å². The Hall–Kier alpha value is -6.69. The third kappa shape index (κ3) is 8.58. The number of hydrogen-bond acceptors (Lipinski definition) is 5. The number of hydrogen-bond donors (Lipinski definition) is 0. The molecule has 6 aromatic carbocycles. The summed E-state index contributed by atoms with van der Waals surface area (Å²) in [6, 6.07) is 53.9. The normalized spacial score (nSPS) is 26.3. The predicted molar refractivity (Wildman–Crippen MR) is 275 cm³/mol. The molecule has 4 fully saturated rings. The fourth-order valence-electron chi connectivity index (χ4n) is 14.3. The molecule has 0 N–H and O–H groups in total. The predicted octanol–water partition coefficient (Wildman–Crippen LogP) is 15.8. The van der Waals surface area contributed by atoms with E-state index < -0.39 is 0 Å². The molecule has 1 aromatic heterocycles. The van der Waals surface area contributed by atoms with Crippen LogP contribution in [0.1, 0.15) is 114 Å². The lowest BCUT2D eigenvalue weighted by Crippen LogP contribution is -2.42. The molecule has 338 valence electrons. The van der Waals surface area contributed by atoms with Gasteiger partial charge in [-0.25, -0.2) is 15.0 Å². The second-order valence-electron chi connectivity index (χ2n) is 22.1. The van der Waals surface area contributed by atoms with Gasteiger partial charge >= 0.3 is 0 Å². The van der Waals surface area contributed by atoms with Crippen molar-refractivity contribution in [2.75, 3.05) is 0 Å². The Morgan fingerprint density at radius 1 is 0.368 bits per heavy atom. The number of aromatic nitrogens is 3.